The van der Waals surface area contributed by atoms with Gasteiger partial charge in [0.2, 0.25) is 5.82 Å². The van der Waals surface area contributed by atoms with E-state index in [4.69, 9.17) is 0 Å². The Hall–Kier alpha value is -4.43. The summed E-state index contributed by atoms with van der Waals surface area (Å²) in [7, 11) is 0. The molecule has 166 valence electrons. The third-order valence-corrected chi connectivity index (χ3v) is 4.26. The molecule has 32 heavy (non-hydrogen) atoms. The number of carbonyl (C=O) groups is 1. The molecule has 1 aliphatic heterocycles. The first kappa shape index (κ1) is 22.3. The number of carbonyl (C=O) groups excluding carboxylic acids is 1. The van der Waals surface area contributed by atoms with E-state index in [2.05, 4.69) is 5.10 Å². The third kappa shape index (κ3) is 3.38. The van der Waals surface area contributed by atoms with Crippen LogP contribution in [-0.4, -0.2) is 26.6 Å². The number of nitro benzene ring substituents is 2. The summed E-state index contributed by atoms with van der Waals surface area (Å²) in [5.74, 6) is -14.4. The topological polar surface area (TPSA) is 139 Å². The molecule has 0 aromatic heterocycles. The highest BCUT2D eigenvalue weighted by Gasteiger charge is 2.37. The van der Waals surface area contributed by atoms with Crippen LogP contribution in [-0.2, 0) is 4.79 Å². The van der Waals surface area contributed by atoms with Gasteiger partial charge in [0, 0.05) is 12.1 Å². The average Bonchev–Trinajstić information content (AvgIpc) is 2.99. The number of nitro groups is 2. The Morgan fingerprint density at radius 1 is 0.938 bits per heavy atom. The van der Waals surface area contributed by atoms with E-state index in [0.717, 1.165) is 13.0 Å². The molecule has 15 heteroatoms. The molecular formula is C17H7F5N4O6. The van der Waals surface area contributed by atoms with Gasteiger partial charge in [0.05, 0.1) is 21.1 Å². The van der Waals surface area contributed by atoms with Crippen LogP contribution in [0, 0.1) is 49.3 Å². The number of phenolic OH excluding ortho intramolecular Hbond substituents is 1. The zero-order chi connectivity index (χ0) is 24.1. The molecule has 0 radical (unpaired) electrons. The molecule has 2 aromatic rings. The fourth-order valence-electron chi connectivity index (χ4n) is 2.77. The zero-order valence-corrected chi connectivity index (χ0v) is 15.4. The first-order valence-corrected chi connectivity index (χ1v) is 8.15. The monoisotopic (exact) mass is 458 g/mol. The minimum atomic E-state index is -2.45. The first-order chi connectivity index (χ1) is 14.9. The summed E-state index contributed by atoms with van der Waals surface area (Å²) in [6.07, 6.45) is 0.798. The summed E-state index contributed by atoms with van der Waals surface area (Å²) in [4.78, 5) is 32.4. The Kier molecular flexibility index (Phi) is 5.34. The summed E-state index contributed by atoms with van der Waals surface area (Å²) in [5, 5.41) is 35.1. The minimum Gasteiger partial charge on any atom is -0.497 e. The van der Waals surface area contributed by atoms with Crippen molar-refractivity contribution in [2.24, 2.45) is 5.10 Å². The van der Waals surface area contributed by atoms with E-state index in [1.807, 2.05) is 0 Å². The lowest BCUT2D eigenvalue weighted by Gasteiger charge is -2.15. The van der Waals surface area contributed by atoms with Gasteiger partial charge >= 0.3 is 11.4 Å². The van der Waals surface area contributed by atoms with Gasteiger partial charge in [-0.05, 0) is 18.6 Å². The molecule has 0 aliphatic carbocycles. The molecule has 1 N–H and O–H groups in total. The van der Waals surface area contributed by atoms with Gasteiger partial charge in [-0.3, -0.25) is 25.0 Å². The molecule has 0 spiro atoms. The number of amides is 1. The van der Waals surface area contributed by atoms with E-state index in [0.29, 0.717) is 12.1 Å². The maximum absolute atomic E-state index is 14.1. The number of rotatable bonds is 4. The summed E-state index contributed by atoms with van der Waals surface area (Å²) < 4.78 is 68.3. The lowest BCUT2D eigenvalue weighted by molar-refractivity contribution is -0.396. The molecule has 0 bridgehead atoms. The van der Waals surface area contributed by atoms with Gasteiger partial charge < -0.3 is 5.11 Å². The smallest absolute Gasteiger partial charge is 0.318 e. The van der Waals surface area contributed by atoms with E-state index < -0.39 is 73.2 Å². The summed E-state index contributed by atoms with van der Waals surface area (Å²) in [6, 6.07) is 1.33. The molecule has 0 unspecified atom stereocenters. The Labute approximate surface area is 172 Å². The molecule has 1 amide bonds. The number of anilines is 1. The number of halogens is 5. The molecule has 0 atom stereocenters. The van der Waals surface area contributed by atoms with E-state index >= 15 is 0 Å². The predicted octanol–water partition coefficient (Wildman–Crippen LogP) is 3.71. The highest BCUT2D eigenvalue weighted by Crippen LogP contribution is 2.38. The normalized spacial score (nSPS) is 14.8. The third-order valence-electron chi connectivity index (χ3n) is 4.26. The number of phenols is 1. The fraction of sp³-hybridized carbons (Fsp3) is 0.0588. The minimum absolute atomic E-state index is 0.0966. The summed E-state index contributed by atoms with van der Waals surface area (Å²) in [6.45, 7) is 1.11. The second-order valence-corrected chi connectivity index (χ2v) is 6.20. The number of hydrazone groups is 1. The molecule has 1 aliphatic rings. The van der Waals surface area contributed by atoms with Crippen LogP contribution in [0.2, 0.25) is 0 Å². The largest absolute Gasteiger partial charge is 0.497 e. The van der Waals surface area contributed by atoms with E-state index in [-0.39, 0.29) is 16.3 Å². The van der Waals surface area contributed by atoms with E-state index in [9.17, 15) is 52.1 Å². The van der Waals surface area contributed by atoms with Crippen molar-refractivity contribution >= 4 is 34.8 Å². The number of benzene rings is 2. The predicted molar refractivity (Wildman–Crippen MR) is 96.2 cm³/mol. The van der Waals surface area contributed by atoms with E-state index in [1.165, 1.54) is 0 Å². The van der Waals surface area contributed by atoms with Crippen LogP contribution < -0.4 is 5.01 Å². The highest BCUT2D eigenvalue weighted by molar-refractivity contribution is 6.32. The maximum Gasteiger partial charge on any atom is 0.318 e. The van der Waals surface area contributed by atoms with Gasteiger partial charge in [0.1, 0.15) is 5.69 Å². The van der Waals surface area contributed by atoms with Gasteiger partial charge in [0.25, 0.3) is 11.7 Å². The molecule has 0 saturated carbocycles. The van der Waals surface area contributed by atoms with Crippen molar-refractivity contribution in [3.8, 4) is 5.75 Å². The van der Waals surface area contributed by atoms with Crippen LogP contribution in [0.4, 0.5) is 39.0 Å². The Bertz CT molecular complexity index is 1230. The van der Waals surface area contributed by atoms with Crippen molar-refractivity contribution < 1.29 is 41.7 Å². The second-order valence-electron chi connectivity index (χ2n) is 6.20. The van der Waals surface area contributed by atoms with Crippen molar-refractivity contribution in [3.05, 3.63) is 72.6 Å². The Morgan fingerprint density at radius 2 is 1.38 bits per heavy atom. The van der Waals surface area contributed by atoms with Crippen molar-refractivity contribution in [2.75, 3.05) is 5.01 Å². The van der Waals surface area contributed by atoms with Gasteiger partial charge in [-0.25, -0.2) is 22.0 Å². The van der Waals surface area contributed by atoms with Crippen LogP contribution >= 0.6 is 0 Å². The van der Waals surface area contributed by atoms with Crippen molar-refractivity contribution in [1.29, 1.82) is 0 Å². The maximum atomic E-state index is 14.1. The molecule has 0 saturated heterocycles. The number of aromatic hydroxyl groups is 1. The highest BCUT2D eigenvalue weighted by atomic mass is 19.2. The van der Waals surface area contributed by atoms with Crippen LogP contribution in [0.25, 0.3) is 6.08 Å². The van der Waals surface area contributed by atoms with Gasteiger partial charge in [0.15, 0.2) is 23.3 Å². The van der Waals surface area contributed by atoms with Crippen LogP contribution in [0.3, 0.4) is 0 Å². The quantitative estimate of drug-likeness (QED) is 0.185. The number of hydrogen-bond donors (Lipinski definition) is 1. The van der Waals surface area contributed by atoms with Gasteiger partial charge in [-0.1, -0.05) is 0 Å². The van der Waals surface area contributed by atoms with E-state index in [1.54, 1.807) is 0 Å². The van der Waals surface area contributed by atoms with Crippen LogP contribution in [0.5, 0.6) is 5.75 Å². The number of nitrogens with zero attached hydrogens (tertiary/aromatic N) is 4. The fourth-order valence-corrected chi connectivity index (χ4v) is 2.77. The molecule has 3 rings (SSSR count). The van der Waals surface area contributed by atoms with Crippen molar-refractivity contribution in [3.63, 3.8) is 0 Å². The van der Waals surface area contributed by atoms with Crippen LogP contribution in [0.1, 0.15) is 12.5 Å². The lowest BCUT2D eigenvalue weighted by atomic mass is 10.1. The standard InChI is InChI=1S/C17H7F5N4O6/c1-5-7(2-6-3-8(25(29)30)16(27)9(4-6)26(31)32)17(28)24(23-5)15-13(21)11(19)10(18)12(20)14(15)22/h2-4,27H,1H3/b7-2-. The SMILES string of the molecule is CC1=NN(c2c(F)c(F)c(F)c(F)c2F)C(=O)/C1=C\c1cc([N+](=O)[O-])c(O)c([N+](=O)[O-])c1. The molecular weight excluding hydrogens is 451 g/mol. The van der Waals surface area contributed by atoms with Crippen molar-refractivity contribution in [1.82, 2.24) is 0 Å². The molecule has 2 aromatic carbocycles. The molecule has 1 heterocycles. The first-order valence-electron chi connectivity index (χ1n) is 8.15. The summed E-state index contributed by atoms with van der Waals surface area (Å²) in [5.41, 5.74) is -5.01. The Balaban J connectivity index is 2.15. The van der Waals surface area contributed by atoms with Gasteiger partial charge in [-0.2, -0.15) is 10.1 Å². The molecule has 0 fully saturated rings. The van der Waals surface area contributed by atoms with Crippen LogP contribution in [0.15, 0.2) is 22.8 Å². The lowest BCUT2D eigenvalue weighted by Crippen LogP contribution is -2.25. The van der Waals surface area contributed by atoms with Crippen molar-refractivity contribution in [2.45, 2.75) is 6.92 Å². The number of hydrogen-bond acceptors (Lipinski definition) is 7. The van der Waals surface area contributed by atoms with Gasteiger partial charge in [-0.15, -0.1) is 0 Å². The average molecular weight is 458 g/mol. The Morgan fingerprint density at radius 3 is 1.81 bits per heavy atom. The second kappa shape index (κ2) is 7.68. The zero-order valence-electron chi connectivity index (χ0n) is 15.4. The molecule has 10 nitrogen and oxygen atoms in total. The summed E-state index contributed by atoms with van der Waals surface area (Å²) >= 11 is 0.